The second-order valence-electron chi connectivity index (χ2n) is 4.58. The van der Waals surface area contributed by atoms with Gasteiger partial charge in [0.05, 0.1) is 12.9 Å². The number of carbonyl (C=O) groups is 2. The van der Waals surface area contributed by atoms with Crippen molar-refractivity contribution in [2.45, 2.75) is 23.1 Å². The summed E-state index contributed by atoms with van der Waals surface area (Å²) in [6.45, 7) is 0. The highest BCUT2D eigenvalue weighted by Crippen LogP contribution is 2.40. The summed E-state index contributed by atoms with van der Waals surface area (Å²) in [6, 6.07) is 1.65. The normalized spacial score (nSPS) is 13.9. The molecule has 0 saturated heterocycles. The number of ether oxygens (including phenoxy) is 1. The number of methoxy groups -OCH3 is 1. The molecule has 8 nitrogen and oxygen atoms in total. The van der Waals surface area contributed by atoms with Crippen molar-refractivity contribution in [2.24, 2.45) is 0 Å². The van der Waals surface area contributed by atoms with Gasteiger partial charge in [-0.05, 0) is 12.8 Å². The highest BCUT2D eigenvalue weighted by atomic mass is 32.2. The monoisotopic (exact) mass is 340 g/mol. The molecule has 1 aliphatic carbocycles. The molecule has 0 aliphatic heterocycles. The van der Waals surface area contributed by atoms with Gasteiger partial charge in [0.25, 0.3) is 5.91 Å². The van der Waals surface area contributed by atoms with Crippen LogP contribution in [-0.2, 0) is 9.53 Å². The second kappa shape index (κ2) is 6.44. The van der Waals surface area contributed by atoms with Crippen molar-refractivity contribution in [1.29, 1.82) is 0 Å². The van der Waals surface area contributed by atoms with Crippen LogP contribution in [0.2, 0.25) is 0 Å². The van der Waals surface area contributed by atoms with Gasteiger partial charge in [-0.2, -0.15) is 0 Å². The van der Waals surface area contributed by atoms with Crippen LogP contribution in [0.3, 0.4) is 0 Å². The third kappa shape index (κ3) is 3.63. The van der Waals surface area contributed by atoms with Crippen LogP contribution in [0, 0.1) is 0 Å². The van der Waals surface area contributed by atoms with Gasteiger partial charge in [-0.1, -0.05) is 28.3 Å². The van der Waals surface area contributed by atoms with Gasteiger partial charge in [-0.3, -0.25) is 14.9 Å². The Labute approximate surface area is 133 Å². The number of thioether (sulfide) groups is 1. The first kappa shape index (κ1) is 15.0. The molecule has 1 N–H and O–H groups in total. The average molecular weight is 340 g/mol. The lowest BCUT2D eigenvalue weighted by atomic mass is 10.3. The Morgan fingerprint density at radius 1 is 1.50 bits per heavy atom. The maximum absolute atomic E-state index is 12.0. The molecule has 2 aromatic heterocycles. The van der Waals surface area contributed by atoms with Crippen LogP contribution in [0.25, 0.3) is 0 Å². The van der Waals surface area contributed by atoms with E-state index in [4.69, 9.17) is 4.52 Å². The number of carbonyl (C=O) groups excluding carboxylic acids is 2. The van der Waals surface area contributed by atoms with Gasteiger partial charge in [0.15, 0.2) is 10.0 Å². The van der Waals surface area contributed by atoms with Crippen LogP contribution in [0.15, 0.2) is 14.9 Å². The van der Waals surface area contributed by atoms with Crippen LogP contribution >= 0.6 is 23.1 Å². The van der Waals surface area contributed by atoms with Gasteiger partial charge >= 0.3 is 5.97 Å². The van der Waals surface area contributed by atoms with Crippen LogP contribution in [-0.4, -0.2) is 40.1 Å². The topological polar surface area (TPSA) is 107 Å². The maximum Gasteiger partial charge on any atom is 0.316 e. The van der Waals surface area contributed by atoms with Gasteiger partial charge in [0.2, 0.25) is 5.13 Å². The van der Waals surface area contributed by atoms with E-state index >= 15 is 0 Å². The zero-order valence-corrected chi connectivity index (χ0v) is 13.2. The molecule has 0 aromatic carbocycles. The molecule has 2 aromatic rings. The molecule has 116 valence electrons. The van der Waals surface area contributed by atoms with E-state index in [1.165, 1.54) is 30.2 Å². The van der Waals surface area contributed by atoms with E-state index in [2.05, 4.69) is 25.4 Å². The molecule has 0 spiro atoms. The zero-order valence-electron chi connectivity index (χ0n) is 11.6. The number of nitrogens with zero attached hydrogens (tertiary/aromatic N) is 3. The Balaban J connectivity index is 1.56. The Morgan fingerprint density at radius 2 is 2.32 bits per heavy atom. The van der Waals surface area contributed by atoms with Gasteiger partial charge < -0.3 is 9.26 Å². The fraction of sp³-hybridized carbons (Fsp3) is 0.417. The van der Waals surface area contributed by atoms with Crippen LogP contribution < -0.4 is 5.32 Å². The van der Waals surface area contributed by atoms with E-state index < -0.39 is 5.91 Å². The number of nitrogens with one attached hydrogen (secondary N) is 1. The molecular formula is C12H12N4O4S2. The van der Waals surface area contributed by atoms with Crippen LogP contribution in [0.5, 0.6) is 0 Å². The molecule has 1 saturated carbocycles. The van der Waals surface area contributed by atoms with Crippen molar-refractivity contribution in [3.8, 4) is 0 Å². The summed E-state index contributed by atoms with van der Waals surface area (Å²) < 4.78 is 10.2. The minimum absolute atomic E-state index is 0.146. The van der Waals surface area contributed by atoms with E-state index in [-0.39, 0.29) is 17.4 Å². The maximum atomic E-state index is 12.0. The summed E-state index contributed by atoms with van der Waals surface area (Å²) in [5.74, 6) is 0.554. The van der Waals surface area contributed by atoms with Gasteiger partial charge in [-0.15, -0.1) is 10.2 Å². The average Bonchev–Trinajstić information content (AvgIpc) is 3.08. The van der Waals surface area contributed by atoms with E-state index in [0.717, 1.165) is 18.6 Å². The van der Waals surface area contributed by atoms with Crippen LogP contribution in [0.1, 0.15) is 35.0 Å². The highest BCUT2D eigenvalue weighted by molar-refractivity contribution is 8.01. The minimum atomic E-state index is -0.392. The quantitative estimate of drug-likeness (QED) is 0.483. The van der Waals surface area contributed by atoms with E-state index in [1.54, 1.807) is 6.07 Å². The molecule has 10 heteroatoms. The molecule has 22 heavy (non-hydrogen) atoms. The van der Waals surface area contributed by atoms with Crippen molar-refractivity contribution in [3.63, 3.8) is 0 Å². The molecule has 0 unspecified atom stereocenters. The predicted octanol–water partition coefficient (Wildman–Crippen LogP) is 1.92. The Hall–Kier alpha value is -1.94. The molecular weight excluding hydrogens is 328 g/mol. The van der Waals surface area contributed by atoms with Crippen molar-refractivity contribution in [3.05, 3.63) is 17.5 Å². The third-order valence-corrected chi connectivity index (χ3v) is 4.85. The molecule has 1 fully saturated rings. The number of hydrogen-bond acceptors (Lipinski definition) is 9. The third-order valence-electron chi connectivity index (χ3n) is 2.91. The van der Waals surface area contributed by atoms with E-state index in [9.17, 15) is 9.59 Å². The van der Waals surface area contributed by atoms with Crippen molar-refractivity contribution in [2.75, 3.05) is 18.2 Å². The number of hydrogen-bond donors (Lipinski definition) is 1. The fourth-order valence-electron chi connectivity index (χ4n) is 1.62. The Bertz CT molecular complexity index is 695. The first-order valence-corrected chi connectivity index (χ1v) is 8.27. The molecule has 0 radical (unpaired) electrons. The Morgan fingerprint density at radius 3 is 3.05 bits per heavy atom. The first-order valence-electron chi connectivity index (χ1n) is 6.47. The summed E-state index contributed by atoms with van der Waals surface area (Å²) in [6.07, 6.45) is 2.15. The fourth-order valence-corrected chi connectivity index (χ4v) is 3.20. The van der Waals surface area contributed by atoms with Gasteiger partial charge in [0.1, 0.15) is 5.76 Å². The van der Waals surface area contributed by atoms with Crippen LogP contribution in [0.4, 0.5) is 5.13 Å². The summed E-state index contributed by atoms with van der Waals surface area (Å²) in [7, 11) is 1.32. The number of rotatable bonds is 6. The number of aromatic nitrogens is 3. The lowest BCUT2D eigenvalue weighted by Crippen LogP contribution is -2.11. The standard InChI is InChI=1S/C12H12N4O4S2/c1-19-9(17)5-21-12-15-14-11(22-12)13-10(18)7-4-8(20-16-7)6-2-3-6/h4,6H,2-3,5H2,1H3,(H,13,14,18). The summed E-state index contributed by atoms with van der Waals surface area (Å²) >= 11 is 2.37. The highest BCUT2D eigenvalue weighted by Gasteiger charge is 2.29. The minimum Gasteiger partial charge on any atom is -0.468 e. The second-order valence-corrected chi connectivity index (χ2v) is 6.78. The van der Waals surface area contributed by atoms with E-state index in [0.29, 0.717) is 15.4 Å². The SMILES string of the molecule is COC(=O)CSc1nnc(NC(=O)c2cc(C3CC3)on2)s1. The number of esters is 1. The lowest BCUT2D eigenvalue weighted by molar-refractivity contribution is -0.137. The number of amides is 1. The molecule has 0 bridgehead atoms. The summed E-state index contributed by atoms with van der Waals surface area (Å²) in [5.41, 5.74) is 0.223. The predicted molar refractivity (Wildman–Crippen MR) is 79.1 cm³/mol. The van der Waals surface area contributed by atoms with Gasteiger partial charge in [0, 0.05) is 12.0 Å². The number of anilines is 1. The van der Waals surface area contributed by atoms with Gasteiger partial charge in [-0.25, -0.2) is 0 Å². The molecule has 0 atom stereocenters. The summed E-state index contributed by atoms with van der Waals surface area (Å²) in [5, 5.41) is 14.4. The van der Waals surface area contributed by atoms with Crippen molar-refractivity contribution in [1.82, 2.24) is 15.4 Å². The zero-order chi connectivity index (χ0) is 15.5. The first-order chi connectivity index (χ1) is 10.7. The lowest BCUT2D eigenvalue weighted by Gasteiger charge is -1.95. The van der Waals surface area contributed by atoms with Crippen molar-refractivity contribution < 1.29 is 18.8 Å². The molecule has 2 heterocycles. The van der Waals surface area contributed by atoms with E-state index in [1.807, 2.05) is 0 Å². The smallest absolute Gasteiger partial charge is 0.316 e. The molecule has 3 rings (SSSR count). The summed E-state index contributed by atoms with van der Waals surface area (Å²) in [4.78, 5) is 23.1. The Kier molecular flexibility index (Phi) is 4.39. The largest absolute Gasteiger partial charge is 0.468 e. The molecule has 1 amide bonds. The molecule has 1 aliphatic rings. The van der Waals surface area contributed by atoms with Crippen molar-refractivity contribution >= 4 is 40.1 Å².